The fourth-order valence-electron chi connectivity index (χ4n) is 1.97. The average Bonchev–Trinajstić information content (AvgIpc) is 2.36. The van der Waals surface area contributed by atoms with Crippen LogP contribution in [0.25, 0.3) is 0 Å². The molecule has 1 rings (SSSR count). The third kappa shape index (κ3) is 6.91. The first-order valence-corrected chi connectivity index (χ1v) is 6.84. The highest BCUT2D eigenvalue weighted by Gasteiger charge is 2.28. The van der Waals surface area contributed by atoms with Crippen LogP contribution in [0.2, 0.25) is 0 Å². The van der Waals surface area contributed by atoms with Crippen molar-refractivity contribution < 1.29 is 17.9 Å². The van der Waals surface area contributed by atoms with Crippen LogP contribution in [0.1, 0.15) is 30.4 Å². The van der Waals surface area contributed by atoms with E-state index in [9.17, 15) is 13.2 Å². The van der Waals surface area contributed by atoms with Gasteiger partial charge in [-0.05, 0) is 25.5 Å². The van der Waals surface area contributed by atoms with Crippen molar-refractivity contribution in [3.63, 3.8) is 0 Å². The second kappa shape index (κ2) is 8.27. The van der Waals surface area contributed by atoms with Crippen molar-refractivity contribution in [2.75, 3.05) is 26.3 Å². The van der Waals surface area contributed by atoms with E-state index in [-0.39, 0.29) is 12.5 Å². The van der Waals surface area contributed by atoms with Crippen molar-refractivity contribution in [1.29, 1.82) is 0 Å². The summed E-state index contributed by atoms with van der Waals surface area (Å²) in [5, 5.41) is 3.24. The number of hydrogen-bond donors (Lipinski definition) is 1. The minimum absolute atomic E-state index is 0.0659. The molecule has 0 saturated carbocycles. The standard InChI is InChI=1S/C15H22F3NO/c1-3-7-19-9-14(10-20-11-15(16,17)18)13-6-4-5-12(2)8-13/h4-6,8,14,19H,3,7,9-11H2,1-2H3. The molecule has 0 spiro atoms. The first kappa shape index (κ1) is 17.0. The van der Waals surface area contributed by atoms with Gasteiger partial charge in [-0.25, -0.2) is 0 Å². The molecule has 1 atom stereocenters. The average molecular weight is 289 g/mol. The van der Waals surface area contributed by atoms with Crippen molar-refractivity contribution in [2.45, 2.75) is 32.4 Å². The van der Waals surface area contributed by atoms with Crippen LogP contribution >= 0.6 is 0 Å². The van der Waals surface area contributed by atoms with Crippen LogP contribution in [0.4, 0.5) is 13.2 Å². The molecule has 1 unspecified atom stereocenters. The van der Waals surface area contributed by atoms with Gasteiger partial charge in [0.2, 0.25) is 0 Å². The fraction of sp³-hybridized carbons (Fsp3) is 0.600. The maximum absolute atomic E-state index is 12.1. The Balaban J connectivity index is 2.60. The number of hydrogen-bond acceptors (Lipinski definition) is 2. The molecule has 0 bridgehead atoms. The Morgan fingerprint density at radius 1 is 1.30 bits per heavy atom. The number of nitrogens with one attached hydrogen (secondary N) is 1. The van der Waals surface area contributed by atoms with Crippen LogP contribution in [0, 0.1) is 6.92 Å². The molecular weight excluding hydrogens is 267 g/mol. The molecular formula is C15H22F3NO. The van der Waals surface area contributed by atoms with Crippen molar-refractivity contribution in [2.24, 2.45) is 0 Å². The molecule has 5 heteroatoms. The topological polar surface area (TPSA) is 21.3 Å². The monoisotopic (exact) mass is 289 g/mol. The van der Waals surface area contributed by atoms with Gasteiger partial charge in [0.15, 0.2) is 0 Å². The number of ether oxygens (including phenoxy) is 1. The third-order valence-electron chi connectivity index (χ3n) is 2.92. The minimum Gasteiger partial charge on any atom is -0.371 e. The summed E-state index contributed by atoms with van der Waals surface area (Å²) in [4.78, 5) is 0. The van der Waals surface area contributed by atoms with Crippen LogP contribution in [0.15, 0.2) is 24.3 Å². The largest absolute Gasteiger partial charge is 0.411 e. The molecule has 1 N–H and O–H groups in total. The van der Waals surface area contributed by atoms with Gasteiger partial charge < -0.3 is 10.1 Å². The van der Waals surface area contributed by atoms with Gasteiger partial charge in [-0.3, -0.25) is 0 Å². The molecule has 0 saturated heterocycles. The smallest absolute Gasteiger partial charge is 0.371 e. The lowest BCUT2D eigenvalue weighted by Gasteiger charge is -2.19. The van der Waals surface area contributed by atoms with Gasteiger partial charge in [0.05, 0.1) is 6.61 Å². The second-order valence-electron chi connectivity index (χ2n) is 4.95. The van der Waals surface area contributed by atoms with Crippen LogP contribution < -0.4 is 5.32 Å². The Hall–Kier alpha value is -1.07. The summed E-state index contributed by atoms with van der Waals surface area (Å²) in [7, 11) is 0. The molecule has 1 aromatic rings. The van der Waals surface area contributed by atoms with Crippen LogP contribution in [-0.4, -0.2) is 32.5 Å². The number of benzene rings is 1. The highest BCUT2D eigenvalue weighted by Crippen LogP contribution is 2.20. The van der Waals surface area contributed by atoms with Gasteiger partial charge in [0, 0.05) is 12.5 Å². The van der Waals surface area contributed by atoms with Crippen LogP contribution in [0.3, 0.4) is 0 Å². The van der Waals surface area contributed by atoms with Gasteiger partial charge in [-0.15, -0.1) is 0 Å². The SMILES string of the molecule is CCCNCC(COCC(F)(F)F)c1cccc(C)c1. The van der Waals surface area contributed by atoms with E-state index < -0.39 is 12.8 Å². The van der Waals surface area contributed by atoms with Crippen molar-refractivity contribution in [3.8, 4) is 0 Å². The Labute approximate surface area is 118 Å². The summed E-state index contributed by atoms with van der Waals surface area (Å²) in [6, 6.07) is 7.81. The molecule has 0 aliphatic carbocycles. The van der Waals surface area contributed by atoms with E-state index in [2.05, 4.69) is 12.2 Å². The summed E-state index contributed by atoms with van der Waals surface area (Å²) in [6.45, 7) is 4.37. The third-order valence-corrected chi connectivity index (χ3v) is 2.92. The lowest BCUT2D eigenvalue weighted by atomic mass is 9.98. The van der Waals surface area contributed by atoms with Gasteiger partial charge in [0.1, 0.15) is 6.61 Å². The Morgan fingerprint density at radius 3 is 2.65 bits per heavy atom. The molecule has 20 heavy (non-hydrogen) atoms. The van der Waals surface area contributed by atoms with Crippen molar-refractivity contribution in [1.82, 2.24) is 5.32 Å². The predicted octanol–water partition coefficient (Wildman–Crippen LogP) is 3.66. The Morgan fingerprint density at radius 2 is 2.05 bits per heavy atom. The van der Waals surface area contributed by atoms with Gasteiger partial charge >= 0.3 is 6.18 Å². The molecule has 0 aliphatic heterocycles. The summed E-state index contributed by atoms with van der Waals surface area (Å²) >= 11 is 0. The number of rotatable bonds is 8. The van der Waals surface area contributed by atoms with Crippen molar-refractivity contribution >= 4 is 0 Å². The Bertz CT molecular complexity index is 393. The maximum atomic E-state index is 12.1. The van der Waals surface area contributed by atoms with E-state index in [1.54, 1.807) is 0 Å². The van der Waals surface area contributed by atoms with Crippen LogP contribution in [-0.2, 0) is 4.74 Å². The first-order chi connectivity index (χ1) is 9.42. The van der Waals surface area contributed by atoms with E-state index >= 15 is 0 Å². The summed E-state index contributed by atoms with van der Waals surface area (Å²) in [6.07, 6.45) is -3.28. The highest BCUT2D eigenvalue weighted by atomic mass is 19.4. The molecule has 0 fully saturated rings. The van der Waals surface area contributed by atoms with Crippen LogP contribution in [0.5, 0.6) is 0 Å². The molecule has 114 valence electrons. The minimum atomic E-state index is -4.27. The normalized spacial score (nSPS) is 13.4. The molecule has 0 aliphatic rings. The van der Waals surface area contributed by atoms with E-state index in [0.29, 0.717) is 6.54 Å². The summed E-state index contributed by atoms with van der Waals surface area (Å²) in [5.41, 5.74) is 2.11. The first-order valence-electron chi connectivity index (χ1n) is 6.84. The maximum Gasteiger partial charge on any atom is 0.411 e. The quantitative estimate of drug-likeness (QED) is 0.737. The van der Waals surface area contributed by atoms with E-state index in [1.165, 1.54) is 0 Å². The lowest BCUT2D eigenvalue weighted by molar-refractivity contribution is -0.174. The second-order valence-corrected chi connectivity index (χ2v) is 4.95. The zero-order chi connectivity index (χ0) is 15.0. The molecule has 0 amide bonds. The molecule has 0 aromatic heterocycles. The van der Waals surface area contributed by atoms with E-state index in [1.807, 2.05) is 31.2 Å². The molecule has 0 heterocycles. The highest BCUT2D eigenvalue weighted by molar-refractivity contribution is 5.25. The van der Waals surface area contributed by atoms with Gasteiger partial charge in [-0.2, -0.15) is 13.2 Å². The zero-order valence-corrected chi connectivity index (χ0v) is 12.0. The predicted molar refractivity (Wildman–Crippen MR) is 74.0 cm³/mol. The van der Waals surface area contributed by atoms with Crippen molar-refractivity contribution in [3.05, 3.63) is 35.4 Å². The van der Waals surface area contributed by atoms with E-state index in [0.717, 1.165) is 24.1 Å². The Kier molecular flexibility index (Phi) is 7.02. The number of alkyl halides is 3. The summed E-state index contributed by atoms with van der Waals surface area (Å²) < 4.78 is 41.2. The molecule has 0 radical (unpaired) electrons. The van der Waals surface area contributed by atoms with Gasteiger partial charge in [-0.1, -0.05) is 36.8 Å². The van der Waals surface area contributed by atoms with E-state index in [4.69, 9.17) is 4.74 Å². The molecule has 2 nitrogen and oxygen atoms in total. The fourth-order valence-corrected chi connectivity index (χ4v) is 1.97. The number of aryl methyl sites for hydroxylation is 1. The summed E-state index contributed by atoms with van der Waals surface area (Å²) in [5.74, 6) is -0.0659. The lowest BCUT2D eigenvalue weighted by Crippen LogP contribution is -2.27. The molecule has 1 aromatic carbocycles. The van der Waals surface area contributed by atoms with Gasteiger partial charge in [0.25, 0.3) is 0 Å². The zero-order valence-electron chi connectivity index (χ0n) is 12.0. The number of halogens is 3.